The summed E-state index contributed by atoms with van der Waals surface area (Å²) in [5.41, 5.74) is 8.29. The molecular formula is C25H33N7O. The second-order valence-corrected chi connectivity index (χ2v) is 8.23. The van der Waals surface area contributed by atoms with Gasteiger partial charge in [0.05, 0.1) is 30.6 Å². The van der Waals surface area contributed by atoms with Crippen LogP contribution in [0.25, 0.3) is 0 Å². The van der Waals surface area contributed by atoms with E-state index in [0.717, 1.165) is 5.56 Å². The number of aliphatic hydroxyl groups excluding tert-OH is 1. The van der Waals surface area contributed by atoms with Crippen LogP contribution < -0.4 is 10.6 Å². The number of aromatic nitrogens is 1. The number of nitrogens with zero attached hydrogens (tertiary/aromatic N) is 4. The Labute approximate surface area is 195 Å². The Kier molecular flexibility index (Phi) is 9.70. The highest BCUT2D eigenvalue weighted by atomic mass is 16.3. The summed E-state index contributed by atoms with van der Waals surface area (Å²) < 4.78 is 0. The Morgan fingerprint density at radius 3 is 2.45 bits per heavy atom. The van der Waals surface area contributed by atoms with E-state index in [-0.39, 0.29) is 30.4 Å². The van der Waals surface area contributed by atoms with Crippen LogP contribution in [0.3, 0.4) is 0 Å². The maximum atomic E-state index is 9.36. The van der Waals surface area contributed by atoms with Gasteiger partial charge in [-0.2, -0.15) is 5.26 Å². The average molecular weight is 448 g/mol. The van der Waals surface area contributed by atoms with Crippen molar-refractivity contribution < 1.29 is 5.11 Å². The van der Waals surface area contributed by atoms with Crippen molar-refractivity contribution in [1.82, 2.24) is 4.98 Å². The molecule has 0 aliphatic carbocycles. The minimum atomic E-state index is -0.152. The Bertz CT molecular complexity index is 997. The molecule has 1 aromatic heterocycles. The molecule has 0 amide bonds. The predicted molar refractivity (Wildman–Crippen MR) is 134 cm³/mol. The van der Waals surface area contributed by atoms with E-state index in [1.165, 1.54) is 12.6 Å². The molecule has 1 unspecified atom stereocenters. The number of pyridine rings is 1. The third kappa shape index (κ3) is 6.46. The van der Waals surface area contributed by atoms with Crippen molar-refractivity contribution in [1.29, 1.82) is 16.1 Å². The molecule has 174 valence electrons. The van der Waals surface area contributed by atoms with Crippen LogP contribution >= 0.6 is 0 Å². The number of rotatable bonds is 11. The van der Waals surface area contributed by atoms with Gasteiger partial charge >= 0.3 is 0 Å². The first-order chi connectivity index (χ1) is 15.9. The molecule has 8 heteroatoms. The third-order valence-corrected chi connectivity index (χ3v) is 6.27. The molecule has 0 spiro atoms. The van der Waals surface area contributed by atoms with Gasteiger partial charge in [0.2, 0.25) is 0 Å². The summed E-state index contributed by atoms with van der Waals surface area (Å²) in [6.45, 7) is 6.15. The lowest BCUT2D eigenvalue weighted by Crippen LogP contribution is -2.34. The highest BCUT2D eigenvalue weighted by molar-refractivity contribution is 6.20. The van der Waals surface area contributed by atoms with Crippen molar-refractivity contribution in [2.75, 3.05) is 10.6 Å². The molecule has 0 radical (unpaired) electrons. The van der Waals surface area contributed by atoms with Gasteiger partial charge in [0.15, 0.2) is 0 Å². The standard InChI is InChI=1S/C25H33N7O/c1-17(18(2)21(10-12-26)11-13-27)19(3)31-25(23-5-4-14-30-24(23)29)32(16-28)22-8-6-20(15-33)7-9-22/h4-9,12,14,16-19,21,26,28,33H,10-11,15H2,1-3H3,(H2,29,30)/b26-12?,28-16?,31-25-/t17-,18-,19-,21?/m0/s1. The summed E-state index contributed by atoms with van der Waals surface area (Å²) in [7, 11) is 0. The summed E-state index contributed by atoms with van der Waals surface area (Å²) in [6, 6.07) is 12.9. The van der Waals surface area contributed by atoms with E-state index in [0.29, 0.717) is 35.7 Å². The number of nitriles is 1. The molecule has 1 aromatic carbocycles. The number of anilines is 2. The molecule has 8 nitrogen and oxygen atoms in total. The second-order valence-electron chi connectivity index (χ2n) is 8.23. The fourth-order valence-electron chi connectivity index (χ4n) is 3.82. The van der Waals surface area contributed by atoms with Gasteiger partial charge in [-0.15, -0.1) is 0 Å². The smallest absolute Gasteiger partial charge is 0.144 e. The SMILES string of the molecule is C[C@H]([C@H](C)/N=C(/c1cccnc1N)N(C=N)c1ccc(CO)cc1)[C@H](C)C(CC#N)CC=N. The van der Waals surface area contributed by atoms with E-state index in [2.05, 4.69) is 24.9 Å². The van der Waals surface area contributed by atoms with Crippen molar-refractivity contribution in [2.24, 2.45) is 22.7 Å². The lowest BCUT2D eigenvalue weighted by Gasteiger charge is -2.31. The first-order valence-electron chi connectivity index (χ1n) is 11.0. The number of benzene rings is 1. The predicted octanol–water partition coefficient (Wildman–Crippen LogP) is 4.25. The molecule has 2 rings (SSSR count). The topological polar surface area (TPSA) is 146 Å². The molecule has 0 fully saturated rings. The van der Waals surface area contributed by atoms with E-state index in [4.69, 9.17) is 21.5 Å². The van der Waals surface area contributed by atoms with E-state index < -0.39 is 0 Å². The van der Waals surface area contributed by atoms with Crippen molar-refractivity contribution >= 4 is 29.9 Å². The van der Waals surface area contributed by atoms with Crippen molar-refractivity contribution in [3.63, 3.8) is 0 Å². The monoisotopic (exact) mass is 447 g/mol. The van der Waals surface area contributed by atoms with Crippen molar-refractivity contribution in [3.8, 4) is 6.07 Å². The van der Waals surface area contributed by atoms with E-state index in [1.54, 1.807) is 29.3 Å². The number of nitrogens with one attached hydrogen (secondary N) is 2. The van der Waals surface area contributed by atoms with Crippen LogP contribution in [0.4, 0.5) is 11.5 Å². The van der Waals surface area contributed by atoms with Crippen LogP contribution in [0, 0.1) is 39.9 Å². The Morgan fingerprint density at radius 1 is 1.21 bits per heavy atom. The summed E-state index contributed by atoms with van der Waals surface area (Å²) in [4.78, 5) is 10.9. The van der Waals surface area contributed by atoms with Gasteiger partial charge in [-0.3, -0.25) is 15.3 Å². The van der Waals surface area contributed by atoms with Gasteiger partial charge < -0.3 is 16.2 Å². The Morgan fingerprint density at radius 2 is 1.91 bits per heavy atom. The van der Waals surface area contributed by atoms with Crippen LogP contribution in [0.15, 0.2) is 47.6 Å². The van der Waals surface area contributed by atoms with Crippen LogP contribution in [0.2, 0.25) is 0 Å². The second kappa shape index (κ2) is 12.5. The number of hydrogen-bond acceptors (Lipinski definition) is 7. The number of aliphatic hydroxyl groups is 1. The quantitative estimate of drug-likeness (QED) is 0.300. The minimum absolute atomic E-state index is 0.0621. The molecule has 0 aliphatic rings. The first-order valence-corrected chi connectivity index (χ1v) is 11.0. The maximum absolute atomic E-state index is 9.36. The van der Waals surface area contributed by atoms with Crippen LogP contribution in [-0.2, 0) is 6.61 Å². The Balaban J connectivity index is 2.50. The van der Waals surface area contributed by atoms with Gasteiger partial charge in [-0.1, -0.05) is 26.0 Å². The van der Waals surface area contributed by atoms with E-state index in [9.17, 15) is 10.4 Å². The van der Waals surface area contributed by atoms with Crippen LogP contribution in [0.5, 0.6) is 0 Å². The number of hydrogen-bond donors (Lipinski definition) is 4. The van der Waals surface area contributed by atoms with Crippen LogP contribution in [0.1, 0.15) is 44.7 Å². The number of nitrogens with two attached hydrogens (primary N) is 1. The number of nitrogen functional groups attached to an aromatic ring is 1. The average Bonchev–Trinajstić information content (AvgIpc) is 2.83. The minimum Gasteiger partial charge on any atom is -0.392 e. The first kappa shape index (κ1) is 25.7. The summed E-state index contributed by atoms with van der Waals surface area (Å²) in [6.07, 6.45) is 5.12. The van der Waals surface area contributed by atoms with Gasteiger partial charge in [-0.05, 0) is 67.1 Å². The van der Waals surface area contributed by atoms with Gasteiger partial charge in [-0.25, -0.2) is 4.98 Å². The lowest BCUT2D eigenvalue weighted by atomic mass is 9.78. The summed E-state index contributed by atoms with van der Waals surface area (Å²) in [5.74, 6) is 1.17. The van der Waals surface area contributed by atoms with E-state index in [1.807, 2.05) is 25.1 Å². The van der Waals surface area contributed by atoms with Gasteiger partial charge in [0, 0.05) is 18.3 Å². The normalized spacial score (nSPS) is 15.1. The fraction of sp³-hybridized carbons (Fsp3) is 0.400. The molecule has 0 saturated heterocycles. The Hall–Kier alpha value is -3.57. The highest BCUT2D eigenvalue weighted by Gasteiger charge is 2.27. The molecule has 1 heterocycles. The molecule has 5 N–H and O–H groups in total. The zero-order valence-corrected chi connectivity index (χ0v) is 19.4. The molecule has 33 heavy (non-hydrogen) atoms. The highest BCUT2D eigenvalue weighted by Crippen LogP contribution is 2.30. The number of amidine groups is 1. The zero-order valence-electron chi connectivity index (χ0n) is 19.4. The molecule has 2 aromatic rings. The fourth-order valence-corrected chi connectivity index (χ4v) is 3.82. The van der Waals surface area contributed by atoms with Gasteiger partial charge in [0.25, 0.3) is 0 Å². The van der Waals surface area contributed by atoms with Gasteiger partial charge in [0.1, 0.15) is 11.7 Å². The third-order valence-electron chi connectivity index (χ3n) is 6.27. The summed E-state index contributed by atoms with van der Waals surface area (Å²) >= 11 is 0. The molecular weight excluding hydrogens is 414 g/mol. The van der Waals surface area contributed by atoms with E-state index >= 15 is 0 Å². The number of aliphatic imine (C=N–C) groups is 1. The molecule has 0 bridgehead atoms. The van der Waals surface area contributed by atoms with Crippen molar-refractivity contribution in [2.45, 2.75) is 46.3 Å². The summed E-state index contributed by atoms with van der Waals surface area (Å²) in [5, 5.41) is 34.2. The van der Waals surface area contributed by atoms with Crippen molar-refractivity contribution in [3.05, 3.63) is 53.7 Å². The maximum Gasteiger partial charge on any atom is 0.144 e. The zero-order chi connectivity index (χ0) is 24.4. The lowest BCUT2D eigenvalue weighted by molar-refractivity contribution is 0.245. The molecule has 4 atom stereocenters. The molecule has 0 aliphatic heterocycles. The van der Waals surface area contributed by atoms with Crippen LogP contribution in [-0.4, -0.2) is 34.5 Å². The largest absolute Gasteiger partial charge is 0.392 e. The molecule has 0 saturated carbocycles.